The van der Waals surface area contributed by atoms with Crippen molar-refractivity contribution in [3.8, 4) is 5.75 Å². The third-order valence-electron chi connectivity index (χ3n) is 5.69. The summed E-state index contributed by atoms with van der Waals surface area (Å²) in [5.41, 5.74) is 1.30. The predicted molar refractivity (Wildman–Crippen MR) is 103 cm³/mol. The summed E-state index contributed by atoms with van der Waals surface area (Å²) in [5, 5.41) is 0. The number of benzene rings is 1. The molecule has 0 N–H and O–H groups in total. The molecule has 0 spiro atoms. The molecule has 0 bridgehead atoms. The first-order chi connectivity index (χ1) is 12.9. The van der Waals surface area contributed by atoms with Crippen LogP contribution in [0.3, 0.4) is 0 Å². The molecule has 0 amide bonds. The third kappa shape index (κ3) is 4.46. The van der Waals surface area contributed by atoms with Gasteiger partial charge in [-0.05, 0) is 38.4 Å². The Morgan fingerprint density at radius 1 is 1.08 bits per heavy atom. The van der Waals surface area contributed by atoms with Gasteiger partial charge >= 0.3 is 0 Å². The Morgan fingerprint density at radius 3 is 2.81 bits per heavy atom. The molecule has 0 unspecified atom stereocenters. The summed E-state index contributed by atoms with van der Waals surface area (Å²) in [4.78, 5) is 9.39. The fourth-order valence-corrected chi connectivity index (χ4v) is 4.23. The zero-order chi connectivity index (χ0) is 17.6. The number of piperidine rings is 1. The summed E-state index contributed by atoms with van der Waals surface area (Å²) in [7, 11) is 0. The second kappa shape index (κ2) is 8.69. The molecular weight excluding hydrogens is 324 g/mol. The largest absolute Gasteiger partial charge is 0.491 e. The first-order valence-corrected chi connectivity index (χ1v) is 10.0. The van der Waals surface area contributed by atoms with E-state index in [2.05, 4.69) is 39.0 Å². The van der Waals surface area contributed by atoms with Crippen LogP contribution in [0.4, 0.5) is 0 Å². The van der Waals surface area contributed by atoms with Gasteiger partial charge in [0.2, 0.25) is 0 Å². The lowest BCUT2D eigenvalue weighted by Gasteiger charge is -2.32. The average Bonchev–Trinajstić information content (AvgIpc) is 3.36. The SMILES string of the molecule is c1ccc(OCCn2ccnc2)c(CN2CC[C@@H](N3CCCCC3)C2)c1. The normalized spacial score (nSPS) is 21.9. The van der Waals surface area contributed by atoms with Crippen LogP contribution in [-0.2, 0) is 13.1 Å². The minimum atomic E-state index is 0.670. The van der Waals surface area contributed by atoms with E-state index in [1.54, 1.807) is 6.20 Å². The first-order valence-electron chi connectivity index (χ1n) is 10.0. The molecule has 2 aromatic rings. The Bertz CT molecular complexity index is 666. The molecule has 1 atom stereocenters. The molecule has 2 aliphatic rings. The van der Waals surface area contributed by atoms with Crippen LogP contribution in [0.15, 0.2) is 43.0 Å². The van der Waals surface area contributed by atoms with Gasteiger partial charge in [0.15, 0.2) is 0 Å². The van der Waals surface area contributed by atoms with E-state index in [4.69, 9.17) is 4.74 Å². The van der Waals surface area contributed by atoms with Gasteiger partial charge < -0.3 is 9.30 Å². The molecule has 2 fully saturated rings. The lowest BCUT2D eigenvalue weighted by molar-refractivity contribution is 0.161. The van der Waals surface area contributed by atoms with E-state index in [0.29, 0.717) is 6.61 Å². The third-order valence-corrected chi connectivity index (χ3v) is 5.69. The van der Waals surface area contributed by atoms with Crippen molar-refractivity contribution in [1.29, 1.82) is 0 Å². The van der Waals surface area contributed by atoms with E-state index in [0.717, 1.165) is 24.9 Å². The van der Waals surface area contributed by atoms with Crippen molar-refractivity contribution in [2.45, 2.75) is 44.8 Å². The maximum absolute atomic E-state index is 6.08. The highest BCUT2D eigenvalue weighted by Gasteiger charge is 2.28. The van der Waals surface area contributed by atoms with Gasteiger partial charge in [0, 0.05) is 43.6 Å². The van der Waals surface area contributed by atoms with Gasteiger partial charge in [-0.3, -0.25) is 9.80 Å². The van der Waals surface area contributed by atoms with E-state index >= 15 is 0 Å². The Labute approximate surface area is 156 Å². The highest BCUT2D eigenvalue weighted by Crippen LogP contribution is 2.25. The van der Waals surface area contributed by atoms with Crippen molar-refractivity contribution in [3.05, 3.63) is 48.5 Å². The molecule has 0 radical (unpaired) electrons. The molecule has 140 valence electrons. The maximum atomic E-state index is 6.08. The van der Waals surface area contributed by atoms with Crippen molar-refractivity contribution >= 4 is 0 Å². The van der Waals surface area contributed by atoms with Crippen LogP contribution in [0, 0.1) is 0 Å². The van der Waals surface area contributed by atoms with Crippen molar-refractivity contribution in [2.75, 3.05) is 32.8 Å². The number of para-hydroxylation sites is 1. The summed E-state index contributed by atoms with van der Waals surface area (Å²) < 4.78 is 8.13. The van der Waals surface area contributed by atoms with Crippen LogP contribution in [0.25, 0.3) is 0 Å². The molecule has 0 aliphatic carbocycles. The quantitative estimate of drug-likeness (QED) is 0.765. The van der Waals surface area contributed by atoms with Gasteiger partial charge in [0.1, 0.15) is 12.4 Å². The Kier molecular flexibility index (Phi) is 5.87. The molecule has 0 saturated carbocycles. The van der Waals surface area contributed by atoms with Crippen molar-refractivity contribution in [1.82, 2.24) is 19.4 Å². The average molecular weight is 354 g/mol. The number of hydrogen-bond acceptors (Lipinski definition) is 4. The lowest BCUT2D eigenvalue weighted by Crippen LogP contribution is -2.40. The maximum Gasteiger partial charge on any atom is 0.123 e. The van der Waals surface area contributed by atoms with Crippen LogP contribution >= 0.6 is 0 Å². The highest BCUT2D eigenvalue weighted by atomic mass is 16.5. The molecule has 2 aliphatic heterocycles. The number of nitrogens with zero attached hydrogens (tertiary/aromatic N) is 4. The van der Waals surface area contributed by atoms with Crippen molar-refractivity contribution in [2.24, 2.45) is 0 Å². The predicted octanol–water partition coefficient (Wildman–Crippen LogP) is 3.02. The van der Waals surface area contributed by atoms with Crippen LogP contribution in [0.1, 0.15) is 31.2 Å². The summed E-state index contributed by atoms with van der Waals surface area (Å²) in [5.74, 6) is 1.02. The molecule has 26 heavy (non-hydrogen) atoms. The number of imidazole rings is 1. The standard InChI is InChI=1S/C21H30N4O/c1-4-10-25(11-5-1)20-8-12-24(17-20)16-19-6-2-3-7-21(19)26-15-14-23-13-9-22-18-23/h2-3,6-7,9,13,18,20H,1,4-5,8,10-12,14-17H2/t20-/m1/s1. The van der Waals surface area contributed by atoms with E-state index in [-0.39, 0.29) is 0 Å². The smallest absolute Gasteiger partial charge is 0.123 e. The van der Waals surface area contributed by atoms with Gasteiger partial charge in [-0.15, -0.1) is 0 Å². The number of rotatable bonds is 7. The molecule has 2 saturated heterocycles. The fourth-order valence-electron chi connectivity index (χ4n) is 4.23. The Hall–Kier alpha value is -1.85. The Morgan fingerprint density at radius 2 is 1.96 bits per heavy atom. The van der Waals surface area contributed by atoms with Crippen molar-refractivity contribution in [3.63, 3.8) is 0 Å². The molecule has 5 heteroatoms. The first kappa shape index (κ1) is 17.6. The molecule has 1 aromatic heterocycles. The van der Waals surface area contributed by atoms with Gasteiger partial charge in [-0.25, -0.2) is 4.98 Å². The number of hydrogen-bond donors (Lipinski definition) is 0. The summed E-state index contributed by atoms with van der Waals surface area (Å²) in [6, 6.07) is 9.25. The zero-order valence-electron chi connectivity index (χ0n) is 15.6. The van der Waals surface area contributed by atoms with Crippen LogP contribution in [0.2, 0.25) is 0 Å². The van der Waals surface area contributed by atoms with Gasteiger partial charge in [-0.1, -0.05) is 24.6 Å². The molecule has 1 aromatic carbocycles. The molecule has 5 nitrogen and oxygen atoms in total. The minimum absolute atomic E-state index is 0.670. The van der Waals surface area contributed by atoms with Crippen LogP contribution < -0.4 is 4.74 Å². The molecule has 4 rings (SSSR count). The van der Waals surface area contributed by atoms with Gasteiger partial charge in [0.25, 0.3) is 0 Å². The summed E-state index contributed by atoms with van der Waals surface area (Å²) >= 11 is 0. The lowest BCUT2D eigenvalue weighted by atomic mass is 10.1. The van der Waals surface area contributed by atoms with Gasteiger partial charge in [-0.2, -0.15) is 0 Å². The van der Waals surface area contributed by atoms with Crippen LogP contribution in [0.5, 0.6) is 5.75 Å². The zero-order valence-corrected chi connectivity index (χ0v) is 15.6. The van der Waals surface area contributed by atoms with Crippen LogP contribution in [-0.4, -0.2) is 58.2 Å². The van der Waals surface area contributed by atoms with E-state index in [1.807, 2.05) is 17.1 Å². The molecular formula is C21H30N4O. The summed E-state index contributed by atoms with van der Waals surface area (Å²) in [6.07, 6.45) is 11.1. The van der Waals surface area contributed by atoms with E-state index in [9.17, 15) is 0 Å². The van der Waals surface area contributed by atoms with Crippen molar-refractivity contribution < 1.29 is 4.74 Å². The minimum Gasteiger partial charge on any atom is -0.491 e. The number of ether oxygens (including phenoxy) is 1. The summed E-state index contributed by atoms with van der Waals surface area (Å²) in [6.45, 7) is 7.48. The topological polar surface area (TPSA) is 33.5 Å². The number of likely N-dealkylation sites (tertiary alicyclic amines) is 2. The monoisotopic (exact) mass is 354 g/mol. The fraction of sp³-hybridized carbons (Fsp3) is 0.571. The highest BCUT2D eigenvalue weighted by molar-refractivity contribution is 5.33. The second-order valence-corrected chi connectivity index (χ2v) is 7.53. The second-order valence-electron chi connectivity index (χ2n) is 7.53. The van der Waals surface area contributed by atoms with E-state index in [1.165, 1.54) is 57.4 Å². The number of aromatic nitrogens is 2. The van der Waals surface area contributed by atoms with Gasteiger partial charge in [0.05, 0.1) is 12.9 Å². The molecule has 3 heterocycles. The van der Waals surface area contributed by atoms with E-state index < -0.39 is 0 Å². The Balaban J connectivity index is 1.30.